The zero-order valence-electron chi connectivity index (χ0n) is 17.1. The van der Waals surface area contributed by atoms with Gasteiger partial charge in [-0.3, -0.25) is 0 Å². The standard InChI is InChI=1S/C20H26NO.CHF3O3S/c1-21(2,3)14-8-12-18-17-10-5-4-9-16(17)15-22-20-13-7-6-11-19(18)20;2-1(3,4)8(5,6)7/h4-7,9-11,13,18H,8,12,14-15H2,1-3H3;(H,5,6,7)/q+1;/p-1/i1+1;. The Morgan fingerprint density at radius 1 is 1.03 bits per heavy atom. The average Bonchev–Trinajstić information content (AvgIpc) is 2.77. The van der Waals surface area contributed by atoms with Gasteiger partial charge in [0, 0.05) is 11.5 Å². The molecule has 0 saturated heterocycles. The Morgan fingerprint density at radius 3 is 2.13 bits per heavy atom. The lowest BCUT2D eigenvalue weighted by Crippen LogP contribution is -2.35. The second kappa shape index (κ2) is 9.36. The summed E-state index contributed by atoms with van der Waals surface area (Å²) in [5, 5.41) is 0. The van der Waals surface area contributed by atoms with Crippen molar-refractivity contribution in [1.82, 2.24) is 0 Å². The molecule has 0 aliphatic carbocycles. The number of hydrogen-bond donors (Lipinski definition) is 0. The van der Waals surface area contributed by atoms with Crippen LogP contribution in [0.25, 0.3) is 0 Å². The predicted octanol–water partition coefficient (Wildman–Crippen LogP) is 4.25. The molecule has 1 heterocycles. The van der Waals surface area contributed by atoms with Crippen LogP contribution < -0.4 is 4.74 Å². The van der Waals surface area contributed by atoms with Gasteiger partial charge in [-0.1, -0.05) is 42.5 Å². The van der Waals surface area contributed by atoms with Crippen LogP contribution in [-0.4, -0.2) is 50.6 Å². The van der Waals surface area contributed by atoms with Crippen LogP contribution in [0.4, 0.5) is 13.2 Å². The van der Waals surface area contributed by atoms with Crippen LogP contribution in [0.3, 0.4) is 0 Å². The first kappa shape index (κ1) is 24.2. The number of benzene rings is 2. The normalized spacial score (nSPS) is 16.3. The quantitative estimate of drug-likeness (QED) is 0.305. The second-order valence-electron chi connectivity index (χ2n) is 8.13. The van der Waals surface area contributed by atoms with Crippen LogP contribution in [0, 0.1) is 0 Å². The third-order valence-electron chi connectivity index (χ3n) is 4.71. The monoisotopic (exact) mass is 446 g/mol. The Morgan fingerprint density at radius 2 is 1.57 bits per heavy atom. The topological polar surface area (TPSA) is 66.4 Å². The molecule has 3 rings (SSSR count). The maximum atomic E-state index is 10.7. The van der Waals surface area contributed by atoms with Crippen molar-refractivity contribution < 1.29 is 35.4 Å². The molecule has 1 unspecified atom stereocenters. The Labute approximate surface area is 175 Å². The van der Waals surface area contributed by atoms with E-state index in [0.29, 0.717) is 12.5 Å². The van der Waals surface area contributed by atoms with Crippen molar-refractivity contribution in [2.45, 2.75) is 30.9 Å². The van der Waals surface area contributed by atoms with Gasteiger partial charge in [0.1, 0.15) is 12.4 Å². The maximum Gasteiger partial charge on any atom is 0.485 e. The summed E-state index contributed by atoms with van der Waals surface area (Å²) in [5.74, 6) is 1.50. The number of fused-ring (bicyclic) bond motifs is 2. The van der Waals surface area contributed by atoms with Gasteiger partial charge in [0.15, 0.2) is 10.1 Å². The van der Waals surface area contributed by atoms with Crippen LogP contribution in [0.5, 0.6) is 5.75 Å². The first-order valence-corrected chi connectivity index (χ1v) is 10.8. The highest BCUT2D eigenvalue weighted by Gasteiger charge is 2.36. The molecule has 1 aliphatic rings. The summed E-state index contributed by atoms with van der Waals surface area (Å²) in [6.45, 7) is 1.88. The second-order valence-corrected chi connectivity index (χ2v) is 9.51. The van der Waals surface area contributed by atoms with Gasteiger partial charge < -0.3 is 13.8 Å². The van der Waals surface area contributed by atoms with E-state index in [1.165, 1.54) is 36.1 Å². The largest absolute Gasteiger partial charge is 0.741 e. The number of para-hydroxylation sites is 1. The van der Waals surface area contributed by atoms with Gasteiger partial charge in [0.25, 0.3) is 0 Å². The first-order chi connectivity index (χ1) is 13.8. The van der Waals surface area contributed by atoms with Gasteiger partial charge >= 0.3 is 5.51 Å². The van der Waals surface area contributed by atoms with E-state index >= 15 is 0 Å². The lowest BCUT2D eigenvalue weighted by atomic mass is 9.85. The molecular weight excluding hydrogens is 420 g/mol. The lowest BCUT2D eigenvalue weighted by molar-refractivity contribution is -0.870. The molecule has 1 aliphatic heterocycles. The number of rotatable bonds is 4. The van der Waals surface area contributed by atoms with E-state index in [1.54, 1.807) is 0 Å². The van der Waals surface area contributed by atoms with Crippen molar-refractivity contribution in [3.05, 3.63) is 65.2 Å². The molecule has 0 bridgehead atoms. The number of halogens is 3. The van der Waals surface area contributed by atoms with Crippen molar-refractivity contribution in [3.8, 4) is 5.75 Å². The molecular formula is C21H26F3NO4S. The van der Waals surface area contributed by atoms with Crippen LogP contribution in [0.1, 0.15) is 35.4 Å². The van der Waals surface area contributed by atoms with Crippen molar-refractivity contribution in [2.75, 3.05) is 27.7 Å². The number of alkyl halides is 3. The van der Waals surface area contributed by atoms with E-state index in [1.807, 2.05) is 0 Å². The zero-order chi connectivity index (χ0) is 22.6. The Hall–Kier alpha value is -2.10. The first-order valence-electron chi connectivity index (χ1n) is 9.42. The van der Waals surface area contributed by atoms with E-state index < -0.39 is 15.6 Å². The fraction of sp³-hybridized carbons (Fsp3) is 0.429. The summed E-state index contributed by atoms with van der Waals surface area (Å²) in [6.07, 6.45) is 2.39. The Kier molecular flexibility index (Phi) is 7.54. The molecule has 0 spiro atoms. The summed E-state index contributed by atoms with van der Waals surface area (Å²) in [6, 6.07) is 17.3. The summed E-state index contributed by atoms with van der Waals surface area (Å²) in [5.41, 5.74) is -1.54. The van der Waals surface area contributed by atoms with Crippen molar-refractivity contribution in [3.63, 3.8) is 0 Å². The highest BCUT2D eigenvalue weighted by atomic mass is 32.2. The molecule has 1 atom stereocenters. The highest BCUT2D eigenvalue weighted by Crippen LogP contribution is 2.39. The molecule has 166 valence electrons. The van der Waals surface area contributed by atoms with Crippen LogP contribution >= 0.6 is 0 Å². The number of hydrogen-bond acceptors (Lipinski definition) is 4. The summed E-state index contributed by atoms with van der Waals surface area (Å²) >= 11 is 0. The van der Waals surface area contributed by atoms with Gasteiger partial charge in [-0.25, -0.2) is 8.42 Å². The van der Waals surface area contributed by atoms with E-state index in [2.05, 4.69) is 69.7 Å². The number of nitrogens with zero attached hydrogens (tertiary/aromatic N) is 1. The minimum absolute atomic E-state index is 0.446. The minimum Gasteiger partial charge on any atom is -0.741 e. The lowest BCUT2D eigenvalue weighted by Gasteiger charge is -2.25. The van der Waals surface area contributed by atoms with Crippen molar-refractivity contribution >= 4 is 10.1 Å². The highest BCUT2D eigenvalue weighted by molar-refractivity contribution is 7.86. The Balaban J connectivity index is 0.000000343. The third kappa shape index (κ3) is 6.72. The zero-order valence-corrected chi connectivity index (χ0v) is 18.0. The summed E-state index contributed by atoms with van der Waals surface area (Å²) < 4.78 is 66.0. The molecule has 0 amide bonds. The van der Waals surface area contributed by atoms with Crippen molar-refractivity contribution in [2.24, 2.45) is 0 Å². The molecule has 0 N–H and O–H groups in total. The fourth-order valence-corrected chi connectivity index (χ4v) is 3.31. The molecule has 2 aromatic rings. The summed E-state index contributed by atoms with van der Waals surface area (Å²) in [4.78, 5) is 0. The van der Waals surface area contributed by atoms with Crippen LogP contribution in [0.2, 0.25) is 0 Å². The minimum atomic E-state index is -6.09. The molecule has 0 fully saturated rings. The molecule has 2 aromatic carbocycles. The van der Waals surface area contributed by atoms with Gasteiger partial charge in [-0.05, 0) is 30.0 Å². The molecule has 9 heteroatoms. The van der Waals surface area contributed by atoms with Gasteiger partial charge in [-0.2, -0.15) is 13.2 Å². The van der Waals surface area contributed by atoms with Crippen LogP contribution in [-0.2, 0) is 16.7 Å². The third-order valence-corrected chi connectivity index (χ3v) is 5.28. The predicted molar refractivity (Wildman–Crippen MR) is 107 cm³/mol. The van der Waals surface area contributed by atoms with Crippen LogP contribution in [0.15, 0.2) is 48.5 Å². The molecule has 0 aromatic heterocycles. The molecule has 0 radical (unpaired) electrons. The van der Waals surface area contributed by atoms with Gasteiger partial charge in [0.05, 0.1) is 27.7 Å². The average molecular weight is 446 g/mol. The molecule has 5 nitrogen and oxygen atoms in total. The SMILES string of the molecule is C[N+](C)([13CH3])CCCC1c2ccccc2COc2ccccc21.O=S(=O)([O-])C(F)(F)F. The maximum absolute atomic E-state index is 10.7. The van der Waals surface area contributed by atoms with E-state index in [-0.39, 0.29) is 0 Å². The van der Waals surface area contributed by atoms with E-state index in [9.17, 15) is 13.2 Å². The number of quaternary nitrogens is 1. The smallest absolute Gasteiger partial charge is 0.485 e. The Bertz CT molecular complexity index is 906. The molecule has 30 heavy (non-hydrogen) atoms. The fourth-order valence-electron chi connectivity index (χ4n) is 3.31. The number of ether oxygens (including phenoxy) is 1. The summed E-state index contributed by atoms with van der Waals surface area (Å²) in [7, 11) is 0.696. The van der Waals surface area contributed by atoms with Gasteiger partial charge in [-0.15, -0.1) is 0 Å². The van der Waals surface area contributed by atoms with Crippen molar-refractivity contribution in [1.29, 1.82) is 0 Å². The van der Waals surface area contributed by atoms with Gasteiger partial charge in [0.2, 0.25) is 0 Å². The van der Waals surface area contributed by atoms with E-state index in [0.717, 1.165) is 10.2 Å². The molecule has 0 saturated carbocycles. The van der Waals surface area contributed by atoms with E-state index in [4.69, 9.17) is 17.7 Å².